The van der Waals surface area contributed by atoms with Gasteiger partial charge in [-0.1, -0.05) is 40.2 Å². The number of carbonyl (C=O) groups is 2. The first-order valence-electron chi connectivity index (χ1n) is 7.69. The van der Waals surface area contributed by atoms with Crippen LogP contribution < -0.4 is 5.32 Å². The van der Waals surface area contributed by atoms with Crippen LogP contribution in [0.5, 0.6) is 0 Å². The first kappa shape index (κ1) is 17.1. The number of likely N-dealkylation sites (N-methyl/N-ethyl adjacent to an activating group) is 1. The molecule has 0 fully saturated rings. The van der Waals surface area contributed by atoms with E-state index in [0.717, 1.165) is 20.9 Å². The number of nitrogens with one attached hydrogen (secondary N) is 1. The summed E-state index contributed by atoms with van der Waals surface area (Å²) in [5.74, 6) is -1.26. The number of rotatable bonds is 3. The standard InChI is InChI=1S/C19H16BrN3O2/c1-23(12-14-5-2-3-7-16(14)20)19(25)18(24)22-15-8-9-17-13(11-15)6-4-10-21-17/h2-11H,12H2,1H3,(H,22,24). The van der Waals surface area contributed by atoms with Crippen molar-refractivity contribution < 1.29 is 9.59 Å². The van der Waals surface area contributed by atoms with Crippen LogP contribution in [0, 0.1) is 0 Å². The average Bonchev–Trinajstić information content (AvgIpc) is 2.62. The number of hydrogen-bond donors (Lipinski definition) is 1. The first-order chi connectivity index (χ1) is 12.0. The highest BCUT2D eigenvalue weighted by atomic mass is 79.9. The van der Waals surface area contributed by atoms with Gasteiger partial charge in [-0.05, 0) is 35.9 Å². The first-order valence-corrected chi connectivity index (χ1v) is 8.48. The monoisotopic (exact) mass is 397 g/mol. The Morgan fingerprint density at radius 3 is 2.72 bits per heavy atom. The van der Waals surface area contributed by atoms with Gasteiger partial charge < -0.3 is 10.2 Å². The lowest BCUT2D eigenvalue weighted by molar-refractivity contribution is -0.142. The van der Waals surface area contributed by atoms with E-state index in [0.29, 0.717) is 12.2 Å². The molecule has 5 nitrogen and oxygen atoms in total. The van der Waals surface area contributed by atoms with Crippen molar-refractivity contribution in [1.29, 1.82) is 0 Å². The average molecular weight is 398 g/mol. The van der Waals surface area contributed by atoms with E-state index in [-0.39, 0.29) is 0 Å². The Balaban J connectivity index is 1.69. The van der Waals surface area contributed by atoms with Crippen molar-refractivity contribution in [3.05, 3.63) is 70.8 Å². The van der Waals surface area contributed by atoms with E-state index in [1.54, 1.807) is 31.4 Å². The van der Waals surface area contributed by atoms with Crippen LogP contribution in [0.4, 0.5) is 5.69 Å². The molecule has 3 rings (SSSR count). The maximum Gasteiger partial charge on any atom is 0.313 e. The van der Waals surface area contributed by atoms with Crippen molar-refractivity contribution in [2.75, 3.05) is 12.4 Å². The van der Waals surface area contributed by atoms with Gasteiger partial charge in [-0.15, -0.1) is 0 Å². The Morgan fingerprint density at radius 1 is 1.12 bits per heavy atom. The number of amides is 2. The minimum atomic E-state index is -0.669. The fourth-order valence-electron chi connectivity index (χ4n) is 2.47. The van der Waals surface area contributed by atoms with Crippen molar-refractivity contribution in [3.8, 4) is 0 Å². The molecule has 25 heavy (non-hydrogen) atoms. The molecule has 1 aromatic heterocycles. The van der Waals surface area contributed by atoms with Crippen molar-refractivity contribution in [2.24, 2.45) is 0 Å². The summed E-state index contributed by atoms with van der Waals surface area (Å²) in [6, 6.07) is 16.6. The number of aromatic nitrogens is 1. The van der Waals surface area contributed by atoms with Crippen LogP contribution in [0.2, 0.25) is 0 Å². The molecule has 0 aliphatic carbocycles. The summed E-state index contributed by atoms with van der Waals surface area (Å²) in [5.41, 5.74) is 2.33. The molecule has 0 bridgehead atoms. The normalized spacial score (nSPS) is 10.5. The van der Waals surface area contributed by atoms with Crippen LogP contribution in [-0.2, 0) is 16.1 Å². The van der Waals surface area contributed by atoms with Crippen molar-refractivity contribution in [2.45, 2.75) is 6.54 Å². The van der Waals surface area contributed by atoms with E-state index in [4.69, 9.17) is 0 Å². The molecule has 1 N–H and O–H groups in total. The smallest absolute Gasteiger partial charge is 0.313 e. The molecular weight excluding hydrogens is 382 g/mol. The summed E-state index contributed by atoms with van der Waals surface area (Å²) < 4.78 is 0.900. The zero-order chi connectivity index (χ0) is 17.8. The number of hydrogen-bond acceptors (Lipinski definition) is 3. The molecular formula is C19H16BrN3O2. The predicted octanol–water partition coefficient (Wildman–Crippen LogP) is 3.59. The van der Waals surface area contributed by atoms with E-state index >= 15 is 0 Å². The minimum Gasteiger partial charge on any atom is -0.333 e. The van der Waals surface area contributed by atoms with Gasteiger partial charge in [0.25, 0.3) is 0 Å². The fraction of sp³-hybridized carbons (Fsp3) is 0.105. The summed E-state index contributed by atoms with van der Waals surface area (Å²) in [6.45, 7) is 0.343. The Bertz CT molecular complexity index is 943. The van der Waals surface area contributed by atoms with Gasteiger partial charge in [-0.2, -0.15) is 0 Å². The number of benzene rings is 2. The molecule has 2 aromatic carbocycles. The van der Waals surface area contributed by atoms with E-state index in [1.165, 1.54) is 4.90 Å². The van der Waals surface area contributed by atoms with E-state index in [9.17, 15) is 9.59 Å². The van der Waals surface area contributed by atoms with Crippen LogP contribution >= 0.6 is 15.9 Å². The second kappa shape index (κ2) is 7.44. The van der Waals surface area contributed by atoms with Crippen LogP contribution in [0.1, 0.15) is 5.56 Å². The van der Waals surface area contributed by atoms with Gasteiger partial charge >= 0.3 is 11.8 Å². The Morgan fingerprint density at radius 2 is 1.92 bits per heavy atom. The second-order valence-corrected chi connectivity index (χ2v) is 6.47. The summed E-state index contributed by atoms with van der Waals surface area (Å²) in [5, 5.41) is 3.54. The SMILES string of the molecule is CN(Cc1ccccc1Br)C(=O)C(=O)Nc1ccc2ncccc2c1. The molecule has 0 spiro atoms. The van der Waals surface area contributed by atoms with E-state index in [2.05, 4.69) is 26.2 Å². The number of anilines is 1. The highest BCUT2D eigenvalue weighted by molar-refractivity contribution is 9.10. The summed E-state index contributed by atoms with van der Waals surface area (Å²) in [7, 11) is 1.60. The van der Waals surface area contributed by atoms with Gasteiger partial charge in [-0.25, -0.2) is 0 Å². The minimum absolute atomic E-state index is 0.343. The highest BCUT2D eigenvalue weighted by Gasteiger charge is 2.19. The summed E-state index contributed by atoms with van der Waals surface area (Å²) in [4.78, 5) is 30.2. The molecule has 2 amide bonds. The van der Waals surface area contributed by atoms with Gasteiger partial charge in [0.2, 0.25) is 0 Å². The molecule has 0 aliphatic rings. The lowest BCUT2D eigenvalue weighted by Gasteiger charge is -2.17. The summed E-state index contributed by atoms with van der Waals surface area (Å²) in [6.07, 6.45) is 1.71. The Hall–Kier alpha value is -2.73. The van der Waals surface area contributed by atoms with Crippen molar-refractivity contribution in [3.63, 3.8) is 0 Å². The third kappa shape index (κ3) is 4.03. The molecule has 6 heteroatoms. The Labute approximate surface area is 153 Å². The largest absolute Gasteiger partial charge is 0.333 e. The molecule has 0 saturated heterocycles. The molecule has 0 aliphatic heterocycles. The zero-order valence-corrected chi connectivity index (χ0v) is 15.2. The van der Waals surface area contributed by atoms with Crippen LogP contribution in [-0.4, -0.2) is 28.7 Å². The number of nitrogens with zero attached hydrogens (tertiary/aromatic N) is 2. The molecule has 126 valence electrons. The molecule has 3 aromatic rings. The lowest BCUT2D eigenvalue weighted by Crippen LogP contribution is -2.36. The lowest BCUT2D eigenvalue weighted by atomic mass is 10.2. The van der Waals surface area contributed by atoms with Crippen molar-refractivity contribution >= 4 is 44.3 Å². The maximum atomic E-state index is 12.3. The third-order valence-electron chi connectivity index (χ3n) is 3.77. The van der Waals surface area contributed by atoms with Gasteiger partial charge in [-0.3, -0.25) is 14.6 Å². The van der Waals surface area contributed by atoms with Crippen LogP contribution in [0.25, 0.3) is 10.9 Å². The van der Waals surface area contributed by atoms with Crippen molar-refractivity contribution in [1.82, 2.24) is 9.88 Å². The van der Waals surface area contributed by atoms with Crippen LogP contribution in [0.3, 0.4) is 0 Å². The highest BCUT2D eigenvalue weighted by Crippen LogP contribution is 2.19. The third-order valence-corrected chi connectivity index (χ3v) is 4.54. The van der Waals surface area contributed by atoms with Crippen LogP contribution in [0.15, 0.2) is 65.3 Å². The number of halogens is 1. The van der Waals surface area contributed by atoms with E-state index in [1.807, 2.05) is 36.4 Å². The van der Waals surface area contributed by atoms with Gasteiger partial charge in [0.05, 0.1) is 5.52 Å². The number of pyridine rings is 1. The van der Waals surface area contributed by atoms with Gasteiger partial charge in [0.1, 0.15) is 0 Å². The quantitative estimate of drug-likeness (QED) is 0.686. The van der Waals surface area contributed by atoms with E-state index < -0.39 is 11.8 Å². The molecule has 0 unspecified atom stereocenters. The molecule has 0 atom stereocenters. The fourth-order valence-corrected chi connectivity index (χ4v) is 2.88. The molecule has 0 saturated carbocycles. The predicted molar refractivity (Wildman–Crippen MR) is 101 cm³/mol. The number of carbonyl (C=O) groups excluding carboxylic acids is 2. The summed E-state index contributed by atoms with van der Waals surface area (Å²) >= 11 is 3.44. The van der Waals surface area contributed by atoms with Gasteiger partial charge in [0, 0.05) is 35.3 Å². The maximum absolute atomic E-state index is 12.3. The second-order valence-electron chi connectivity index (χ2n) is 5.62. The zero-order valence-electron chi connectivity index (χ0n) is 13.6. The number of fused-ring (bicyclic) bond motifs is 1. The van der Waals surface area contributed by atoms with Gasteiger partial charge in [0.15, 0.2) is 0 Å². The Kier molecular flexibility index (Phi) is 5.09. The topological polar surface area (TPSA) is 62.3 Å². The molecule has 0 radical (unpaired) electrons. The molecule has 1 heterocycles.